The van der Waals surface area contributed by atoms with E-state index in [0.717, 1.165) is 0 Å². The summed E-state index contributed by atoms with van der Waals surface area (Å²) >= 11 is 0. The lowest BCUT2D eigenvalue weighted by molar-refractivity contribution is -0.138. The van der Waals surface area contributed by atoms with E-state index in [2.05, 4.69) is 0 Å². The minimum atomic E-state index is -0.438. The Morgan fingerprint density at radius 1 is 1.35 bits per heavy atom. The number of carbonyl (C=O) groups excluding carboxylic acids is 2. The minimum absolute atomic E-state index is 0.0875. The van der Waals surface area contributed by atoms with E-state index in [4.69, 9.17) is 4.74 Å². The molecule has 0 aliphatic rings. The fourth-order valence-electron chi connectivity index (χ4n) is 1.07. The molecular weight excluding hydrogens is 220 g/mol. The summed E-state index contributed by atoms with van der Waals surface area (Å²) in [5, 5.41) is 9.23. The number of Topliss-reactive ketones (excluding diaryl/α,β-unsaturated/α-hetero) is 1. The fraction of sp³-hybridized carbons (Fsp3) is 0.692. The van der Waals surface area contributed by atoms with E-state index in [1.54, 1.807) is 19.9 Å². The van der Waals surface area contributed by atoms with Crippen LogP contribution in [-0.2, 0) is 14.3 Å². The Morgan fingerprint density at radius 3 is 2.53 bits per heavy atom. The van der Waals surface area contributed by atoms with E-state index in [9.17, 15) is 14.7 Å². The Morgan fingerprint density at radius 2 is 2.00 bits per heavy atom. The van der Waals surface area contributed by atoms with E-state index < -0.39 is 12.1 Å². The van der Waals surface area contributed by atoms with Gasteiger partial charge in [-0.2, -0.15) is 0 Å². The van der Waals surface area contributed by atoms with Gasteiger partial charge >= 0.3 is 5.97 Å². The van der Waals surface area contributed by atoms with Crippen molar-refractivity contribution in [3.63, 3.8) is 0 Å². The number of hydrogen-bond donors (Lipinski definition) is 1. The first-order valence-corrected chi connectivity index (χ1v) is 6.00. The molecule has 0 fully saturated rings. The molecular formula is C13H22O4. The lowest BCUT2D eigenvalue weighted by atomic mass is 10.0. The third-order valence-electron chi connectivity index (χ3n) is 2.60. The van der Waals surface area contributed by atoms with Crippen LogP contribution in [0.5, 0.6) is 0 Å². The third kappa shape index (κ3) is 8.63. The molecule has 0 aromatic heterocycles. The van der Waals surface area contributed by atoms with E-state index in [0.29, 0.717) is 12.8 Å². The summed E-state index contributed by atoms with van der Waals surface area (Å²) in [5.74, 6) is -0.239. The van der Waals surface area contributed by atoms with Crippen molar-refractivity contribution in [2.24, 2.45) is 5.92 Å². The van der Waals surface area contributed by atoms with Crippen molar-refractivity contribution in [2.75, 3.05) is 6.61 Å². The lowest BCUT2D eigenvalue weighted by Crippen LogP contribution is -2.12. The van der Waals surface area contributed by atoms with Gasteiger partial charge in [0.15, 0.2) is 0 Å². The van der Waals surface area contributed by atoms with Crippen molar-refractivity contribution in [1.29, 1.82) is 0 Å². The smallest absolute Gasteiger partial charge is 0.330 e. The Bertz CT molecular complexity index is 269. The largest absolute Gasteiger partial charge is 0.462 e. The van der Waals surface area contributed by atoms with Crippen LogP contribution in [0.3, 0.4) is 0 Å². The molecule has 0 spiro atoms. The van der Waals surface area contributed by atoms with Gasteiger partial charge in [0, 0.05) is 18.9 Å². The van der Waals surface area contributed by atoms with Gasteiger partial charge in [-0.3, -0.25) is 4.79 Å². The highest BCUT2D eigenvalue weighted by Crippen LogP contribution is 2.07. The minimum Gasteiger partial charge on any atom is -0.462 e. The van der Waals surface area contributed by atoms with Crippen molar-refractivity contribution < 1.29 is 19.4 Å². The van der Waals surface area contributed by atoms with Gasteiger partial charge in [-0.05, 0) is 19.3 Å². The summed E-state index contributed by atoms with van der Waals surface area (Å²) in [6.45, 7) is 5.54. The van der Waals surface area contributed by atoms with E-state index >= 15 is 0 Å². The average Bonchev–Trinajstić information content (AvgIpc) is 2.28. The van der Waals surface area contributed by atoms with Gasteiger partial charge in [-0.15, -0.1) is 0 Å². The van der Waals surface area contributed by atoms with Gasteiger partial charge in [-0.25, -0.2) is 4.79 Å². The summed E-state index contributed by atoms with van der Waals surface area (Å²) in [5.41, 5.74) is 0. The average molecular weight is 242 g/mol. The summed E-state index contributed by atoms with van der Waals surface area (Å²) in [6.07, 6.45) is 4.01. The van der Waals surface area contributed by atoms with Crippen LogP contribution in [0.15, 0.2) is 12.2 Å². The van der Waals surface area contributed by atoms with Crippen LogP contribution in [0, 0.1) is 5.92 Å². The number of hydrogen-bond acceptors (Lipinski definition) is 4. The Balaban J connectivity index is 3.71. The van der Waals surface area contributed by atoms with Crippen molar-refractivity contribution in [2.45, 2.75) is 46.1 Å². The topological polar surface area (TPSA) is 63.6 Å². The highest BCUT2D eigenvalue weighted by atomic mass is 16.5. The molecule has 4 nitrogen and oxygen atoms in total. The van der Waals surface area contributed by atoms with Crippen molar-refractivity contribution in [3.05, 3.63) is 12.2 Å². The van der Waals surface area contributed by atoms with Gasteiger partial charge in [0.25, 0.3) is 0 Å². The Kier molecular flexibility index (Phi) is 8.32. The maximum absolute atomic E-state index is 11.2. The molecule has 2 atom stereocenters. The van der Waals surface area contributed by atoms with Gasteiger partial charge < -0.3 is 9.84 Å². The van der Waals surface area contributed by atoms with E-state index in [1.165, 1.54) is 6.08 Å². The highest BCUT2D eigenvalue weighted by molar-refractivity contribution is 5.82. The second kappa shape index (κ2) is 8.93. The molecule has 0 aromatic carbocycles. The molecule has 0 saturated carbocycles. The molecule has 0 amide bonds. The van der Waals surface area contributed by atoms with E-state index in [1.807, 2.05) is 6.92 Å². The van der Waals surface area contributed by atoms with E-state index in [-0.39, 0.29) is 24.7 Å². The standard InChI is InChI=1S/C13H22O4/c1-4-12(15)8-9-17-13(16)7-5-6-10(2)11(3)14/h5,7,10-11,14H,4,6,8-9H2,1-3H3/b7-5+/t10-,11+/m1/s1. The SMILES string of the molecule is CCC(=O)CCOC(=O)/C=C/C[C@@H](C)[C@H](C)O. The first-order valence-electron chi connectivity index (χ1n) is 6.00. The van der Waals surface area contributed by atoms with Gasteiger partial charge in [0.05, 0.1) is 12.7 Å². The lowest BCUT2D eigenvalue weighted by Gasteiger charge is -2.10. The number of carbonyl (C=O) groups is 2. The monoisotopic (exact) mass is 242 g/mol. The second-order valence-electron chi connectivity index (χ2n) is 4.17. The van der Waals surface area contributed by atoms with Gasteiger partial charge in [0.2, 0.25) is 0 Å². The number of ether oxygens (including phenoxy) is 1. The number of rotatable bonds is 8. The fourth-order valence-corrected chi connectivity index (χ4v) is 1.07. The third-order valence-corrected chi connectivity index (χ3v) is 2.60. The first kappa shape index (κ1) is 15.8. The molecule has 0 aromatic rings. The zero-order valence-electron chi connectivity index (χ0n) is 10.8. The molecule has 0 radical (unpaired) electrons. The van der Waals surface area contributed by atoms with Crippen molar-refractivity contribution in [3.8, 4) is 0 Å². The normalized spacial score (nSPS) is 14.6. The Labute approximate surface area is 103 Å². The summed E-state index contributed by atoms with van der Waals surface area (Å²) in [6, 6.07) is 0. The quantitative estimate of drug-likeness (QED) is 0.521. The van der Waals surface area contributed by atoms with Crippen molar-refractivity contribution >= 4 is 11.8 Å². The molecule has 0 aliphatic heterocycles. The molecule has 0 saturated heterocycles. The molecule has 0 bridgehead atoms. The molecule has 0 aliphatic carbocycles. The predicted octanol–water partition coefficient (Wildman–Crippen LogP) is 1.86. The molecule has 17 heavy (non-hydrogen) atoms. The maximum Gasteiger partial charge on any atom is 0.330 e. The van der Waals surface area contributed by atoms with Crippen LogP contribution in [0.1, 0.15) is 40.0 Å². The molecule has 0 rings (SSSR count). The number of aliphatic hydroxyl groups excluding tert-OH is 1. The van der Waals surface area contributed by atoms with Crippen LogP contribution in [-0.4, -0.2) is 29.6 Å². The molecule has 98 valence electrons. The number of esters is 1. The number of ketones is 1. The number of aliphatic hydroxyl groups is 1. The zero-order chi connectivity index (χ0) is 13.3. The highest BCUT2D eigenvalue weighted by Gasteiger charge is 2.06. The molecule has 0 heterocycles. The van der Waals surface area contributed by atoms with Gasteiger partial charge in [-0.1, -0.05) is 19.9 Å². The summed E-state index contributed by atoms with van der Waals surface area (Å²) in [4.78, 5) is 22.1. The molecule has 1 N–H and O–H groups in total. The maximum atomic E-state index is 11.2. The van der Waals surface area contributed by atoms with Crippen LogP contribution in [0.4, 0.5) is 0 Å². The van der Waals surface area contributed by atoms with Crippen LogP contribution in [0.25, 0.3) is 0 Å². The Hall–Kier alpha value is -1.16. The molecule has 4 heteroatoms. The number of allylic oxidation sites excluding steroid dienone is 1. The molecule has 0 unspecified atom stereocenters. The van der Waals surface area contributed by atoms with Gasteiger partial charge in [0.1, 0.15) is 5.78 Å². The van der Waals surface area contributed by atoms with Crippen LogP contribution >= 0.6 is 0 Å². The summed E-state index contributed by atoms with van der Waals surface area (Å²) < 4.78 is 4.85. The first-order chi connectivity index (χ1) is 7.97. The van der Waals surface area contributed by atoms with Crippen LogP contribution < -0.4 is 0 Å². The van der Waals surface area contributed by atoms with Crippen LogP contribution in [0.2, 0.25) is 0 Å². The zero-order valence-corrected chi connectivity index (χ0v) is 10.8. The predicted molar refractivity (Wildman–Crippen MR) is 65.5 cm³/mol. The second-order valence-corrected chi connectivity index (χ2v) is 4.17. The summed E-state index contributed by atoms with van der Waals surface area (Å²) in [7, 11) is 0. The van der Waals surface area contributed by atoms with Crippen molar-refractivity contribution in [1.82, 2.24) is 0 Å².